The number of hydrogen-bond donors (Lipinski definition) is 1. The molecule has 2 rings (SSSR count). The second kappa shape index (κ2) is 8.11. The third-order valence-electron chi connectivity index (χ3n) is 4.20. The van der Waals surface area contributed by atoms with E-state index >= 15 is 0 Å². The summed E-state index contributed by atoms with van der Waals surface area (Å²) in [5.41, 5.74) is 4.38. The lowest BCUT2D eigenvalue weighted by atomic mass is 10.00. The minimum Gasteiger partial charge on any atom is -0.354 e. The maximum atomic E-state index is 12.6. The quantitative estimate of drug-likeness (QED) is 0.795. The van der Waals surface area contributed by atoms with Gasteiger partial charge in [0.05, 0.1) is 5.69 Å². The molecule has 0 radical (unpaired) electrons. The number of rotatable bonds is 7. The maximum Gasteiger partial charge on any atom is 0.241 e. The van der Waals surface area contributed by atoms with Gasteiger partial charge in [-0.2, -0.15) is 5.10 Å². The Hall–Kier alpha value is -2.14. The zero-order valence-corrected chi connectivity index (χ0v) is 15.3. The van der Waals surface area contributed by atoms with Crippen LogP contribution in [0.4, 0.5) is 0 Å². The van der Waals surface area contributed by atoms with E-state index in [9.17, 15) is 4.79 Å². The number of aromatic nitrogens is 2. The highest BCUT2D eigenvalue weighted by Gasteiger charge is 2.23. The normalized spacial score (nSPS) is 12.4. The van der Waals surface area contributed by atoms with E-state index in [0.717, 1.165) is 35.5 Å². The number of amides is 1. The van der Waals surface area contributed by atoms with Crippen LogP contribution in [0.5, 0.6) is 0 Å². The molecule has 0 aliphatic rings. The Bertz CT molecular complexity index is 690. The van der Waals surface area contributed by atoms with Gasteiger partial charge in [-0.1, -0.05) is 24.3 Å². The molecule has 1 amide bonds. The van der Waals surface area contributed by atoms with Crippen molar-refractivity contribution in [2.75, 3.05) is 20.6 Å². The van der Waals surface area contributed by atoms with Crippen LogP contribution in [0.1, 0.15) is 35.0 Å². The number of carbonyl (C=O) groups is 1. The van der Waals surface area contributed by atoms with Crippen molar-refractivity contribution in [3.05, 3.63) is 52.8 Å². The average Bonchev–Trinajstić information content (AvgIpc) is 2.83. The molecule has 0 saturated heterocycles. The Morgan fingerprint density at radius 1 is 1.25 bits per heavy atom. The van der Waals surface area contributed by atoms with Crippen molar-refractivity contribution >= 4 is 5.91 Å². The van der Waals surface area contributed by atoms with E-state index in [1.807, 2.05) is 61.8 Å². The summed E-state index contributed by atoms with van der Waals surface area (Å²) in [7, 11) is 3.87. The highest BCUT2D eigenvalue weighted by Crippen LogP contribution is 2.21. The molecule has 0 fully saturated rings. The summed E-state index contributed by atoms with van der Waals surface area (Å²) in [6.07, 6.45) is 0.863. The van der Waals surface area contributed by atoms with Crippen LogP contribution >= 0.6 is 0 Å². The molecule has 0 aliphatic carbocycles. The van der Waals surface area contributed by atoms with Crippen LogP contribution < -0.4 is 5.32 Å². The third kappa shape index (κ3) is 4.45. The van der Waals surface area contributed by atoms with Gasteiger partial charge in [-0.05, 0) is 58.5 Å². The second-order valence-corrected chi connectivity index (χ2v) is 6.52. The van der Waals surface area contributed by atoms with E-state index < -0.39 is 0 Å². The van der Waals surface area contributed by atoms with Gasteiger partial charge in [0, 0.05) is 18.8 Å². The number of benzene rings is 1. The molecular formula is C19H28N4O. The molecule has 2 aromatic rings. The first-order valence-electron chi connectivity index (χ1n) is 8.41. The summed E-state index contributed by atoms with van der Waals surface area (Å²) in [5.74, 6) is 0.0441. The van der Waals surface area contributed by atoms with Crippen LogP contribution in [0.15, 0.2) is 30.3 Å². The molecule has 1 atom stereocenters. The van der Waals surface area contributed by atoms with Gasteiger partial charge in [0.2, 0.25) is 5.91 Å². The minimum atomic E-state index is -0.264. The number of hydrogen-bond acceptors (Lipinski definition) is 3. The smallest absolute Gasteiger partial charge is 0.241 e. The molecule has 1 aromatic carbocycles. The van der Waals surface area contributed by atoms with Crippen LogP contribution in [0.25, 0.3) is 0 Å². The highest BCUT2D eigenvalue weighted by molar-refractivity contribution is 5.83. The van der Waals surface area contributed by atoms with Gasteiger partial charge in [0.1, 0.15) is 6.04 Å². The number of aryl methyl sites for hydroxylation is 4. The Balaban J connectivity index is 1.92. The van der Waals surface area contributed by atoms with Gasteiger partial charge >= 0.3 is 0 Å². The molecule has 130 valence electrons. The zero-order chi connectivity index (χ0) is 17.7. The molecular weight excluding hydrogens is 300 g/mol. The van der Waals surface area contributed by atoms with Crippen molar-refractivity contribution in [1.82, 2.24) is 20.0 Å². The van der Waals surface area contributed by atoms with Gasteiger partial charge < -0.3 is 5.32 Å². The van der Waals surface area contributed by atoms with Crippen LogP contribution in [-0.4, -0.2) is 41.2 Å². The Morgan fingerprint density at radius 2 is 1.96 bits per heavy atom. The van der Waals surface area contributed by atoms with Gasteiger partial charge in [-0.3, -0.25) is 14.4 Å². The lowest BCUT2D eigenvalue weighted by molar-refractivity contribution is -0.125. The van der Waals surface area contributed by atoms with E-state index in [1.165, 1.54) is 0 Å². The first-order chi connectivity index (χ1) is 11.4. The van der Waals surface area contributed by atoms with Crippen molar-refractivity contribution in [2.45, 2.75) is 39.8 Å². The van der Waals surface area contributed by atoms with Crippen molar-refractivity contribution in [3.63, 3.8) is 0 Å². The molecule has 0 aliphatic heterocycles. The minimum absolute atomic E-state index is 0.0441. The number of carbonyl (C=O) groups excluding carboxylic acids is 1. The van der Waals surface area contributed by atoms with Crippen molar-refractivity contribution in [1.29, 1.82) is 0 Å². The van der Waals surface area contributed by atoms with Crippen molar-refractivity contribution < 1.29 is 4.79 Å². The molecule has 5 nitrogen and oxygen atoms in total. The average molecular weight is 328 g/mol. The van der Waals surface area contributed by atoms with E-state index in [2.05, 4.69) is 23.4 Å². The summed E-state index contributed by atoms with van der Waals surface area (Å²) in [5, 5.41) is 7.51. The van der Waals surface area contributed by atoms with E-state index in [0.29, 0.717) is 6.54 Å². The highest BCUT2D eigenvalue weighted by atomic mass is 16.2. The number of nitrogens with one attached hydrogen (secondary N) is 1. The standard InChI is InChI=1S/C19H28N4O/c1-14-9-6-7-10-17(14)18(22(4)5)19(24)20-11-8-12-23-16(3)13-15(2)21-23/h6-7,9-10,13,18H,8,11-12H2,1-5H3,(H,20,24)/t18-/m1/s1. The fourth-order valence-corrected chi connectivity index (χ4v) is 2.99. The van der Waals surface area contributed by atoms with Gasteiger partial charge in [0.25, 0.3) is 0 Å². The fourth-order valence-electron chi connectivity index (χ4n) is 2.99. The fraction of sp³-hybridized carbons (Fsp3) is 0.474. The predicted octanol–water partition coefficient (Wildman–Crippen LogP) is 2.62. The lowest BCUT2D eigenvalue weighted by Gasteiger charge is -2.25. The lowest BCUT2D eigenvalue weighted by Crippen LogP contribution is -2.38. The largest absolute Gasteiger partial charge is 0.354 e. The van der Waals surface area contributed by atoms with Crippen LogP contribution in [0, 0.1) is 20.8 Å². The predicted molar refractivity (Wildman–Crippen MR) is 96.9 cm³/mol. The van der Waals surface area contributed by atoms with E-state index in [1.54, 1.807) is 0 Å². The molecule has 24 heavy (non-hydrogen) atoms. The maximum absolute atomic E-state index is 12.6. The summed E-state index contributed by atoms with van der Waals surface area (Å²) < 4.78 is 1.99. The van der Waals surface area contributed by atoms with Crippen LogP contribution in [0.3, 0.4) is 0 Å². The van der Waals surface area contributed by atoms with Crippen molar-refractivity contribution in [2.24, 2.45) is 0 Å². The number of likely N-dealkylation sites (N-methyl/N-ethyl adjacent to an activating group) is 1. The topological polar surface area (TPSA) is 50.2 Å². The second-order valence-electron chi connectivity index (χ2n) is 6.52. The number of nitrogens with zero attached hydrogens (tertiary/aromatic N) is 3. The Morgan fingerprint density at radius 3 is 2.54 bits per heavy atom. The molecule has 0 bridgehead atoms. The molecule has 0 spiro atoms. The summed E-state index contributed by atoms with van der Waals surface area (Å²) >= 11 is 0. The zero-order valence-electron chi connectivity index (χ0n) is 15.3. The summed E-state index contributed by atoms with van der Waals surface area (Å²) in [6, 6.07) is 9.85. The van der Waals surface area contributed by atoms with Gasteiger partial charge in [-0.25, -0.2) is 0 Å². The summed E-state index contributed by atoms with van der Waals surface area (Å²) in [6.45, 7) is 7.56. The first kappa shape index (κ1) is 18.2. The van der Waals surface area contributed by atoms with Crippen LogP contribution in [-0.2, 0) is 11.3 Å². The van der Waals surface area contributed by atoms with Crippen LogP contribution in [0.2, 0.25) is 0 Å². The van der Waals surface area contributed by atoms with Crippen molar-refractivity contribution in [3.8, 4) is 0 Å². The molecule has 1 heterocycles. The Labute approximate surface area is 144 Å². The third-order valence-corrected chi connectivity index (χ3v) is 4.20. The molecule has 0 unspecified atom stereocenters. The van der Waals surface area contributed by atoms with E-state index in [4.69, 9.17) is 0 Å². The molecule has 1 N–H and O–H groups in total. The van der Waals surface area contributed by atoms with Gasteiger partial charge in [0.15, 0.2) is 0 Å². The molecule has 1 aromatic heterocycles. The van der Waals surface area contributed by atoms with Gasteiger partial charge in [-0.15, -0.1) is 0 Å². The summed E-state index contributed by atoms with van der Waals surface area (Å²) in [4.78, 5) is 14.6. The monoisotopic (exact) mass is 328 g/mol. The molecule has 0 saturated carbocycles. The molecule has 5 heteroatoms. The Kier molecular flexibility index (Phi) is 6.15. The SMILES string of the molecule is Cc1cc(C)n(CCCNC(=O)[C@@H](c2ccccc2C)N(C)C)n1. The van der Waals surface area contributed by atoms with E-state index in [-0.39, 0.29) is 11.9 Å². The first-order valence-corrected chi connectivity index (χ1v) is 8.41.